The van der Waals surface area contributed by atoms with Crippen LogP contribution in [-0.4, -0.2) is 6.54 Å². The second kappa shape index (κ2) is 5.45. The Hall–Kier alpha value is -1.54. The minimum atomic E-state index is -0.0890. The molecule has 1 aromatic carbocycles. The molecule has 1 heterocycles. The van der Waals surface area contributed by atoms with Gasteiger partial charge in [0, 0.05) is 18.4 Å². The molecular formula is C18H25NO. The van der Waals surface area contributed by atoms with Gasteiger partial charge in [-0.2, -0.15) is 0 Å². The van der Waals surface area contributed by atoms with Gasteiger partial charge in [0.1, 0.15) is 5.76 Å². The Labute approximate surface area is 122 Å². The first kappa shape index (κ1) is 14.9. The zero-order chi connectivity index (χ0) is 14.8. The van der Waals surface area contributed by atoms with Gasteiger partial charge in [-0.15, -0.1) is 0 Å². The molecule has 2 N–H and O–H groups in total. The van der Waals surface area contributed by atoms with Gasteiger partial charge < -0.3 is 10.2 Å². The van der Waals surface area contributed by atoms with Crippen LogP contribution in [0.25, 0.3) is 0 Å². The van der Waals surface area contributed by atoms with Crippen molar-refractivity contribution in [3.05, 3.63) is 59.5 Å². The minimum Gasteiger partial charge on any atom is -0.469 e. The van der Waals surface area contributed by atoms with Crippen molar-refractivity contribution in [1.82, 2.24) is 0 Å². The van der Waals surface area contributed by atoms with Gasteiger partial charge in [0.25, 0.3) is 0 Å². The number of hydrogen-bond acceptors (Lipinski definition) is 2. The largest absolute Gasteiger partial charge is 0.469 e. The van der Waals surface area contributed by atoms with E-state index in [2.05, 4.69) is 52.0 Å². The summed E-state index contributed by atoms with van der Waals surface area (Å²) >= 11 is 0. The van der Waals surface area contributed by atoms with Gasteiger partial charge in [-0.25, -0.2) is 0 Å². The summed E-state index contributed by atoms with van der Waals surface area (Å²) in [4.78, 5) is 0. The van der Waals surface area contributed by atoms with Gasteiger partial charge in [0.2, 0.25) is 0 Å². The van der Waals surface area contributed by atoms with E-state index < -0.39 is 0 Å². The maximum absolute atomic E-state index is 6.04. The monoisotopic (exact) mass is 271 g/mol. The van der Waals surface area contributed by atoms with Crippen molar-refractivity contribution in [3.8, 4) is 0 Å². The molecule has 0 aliphatic carbocycles. The van der Waals surface area contributed by atoms with Crippen molar-refractivity contribution in [3.63, 3.8) is 0 Å². The Morgan fingerprint density at radius 1 is 0.950 bits per heavy atom. The summed E-state index contributed by atoms with van der Waals surface area (Å²) in [6.07, 6.45) is 2.54. The lowest BCUT2D eigenvalue weighted by Gasteiger charge is -2.29. The van der Waals surface area contributed by atoms with Crippen molar-refractivity contribution in [2.24, 2.45) is 5.73 Å². The minimum absolute atomic E-state index is 0.0890. The highest BCUT2D eigenvalue weighted by molar-refractivity contribution is 5.33. The molecule has 0 saturated heterocycles. The van der Waals surface area contributed by atoms with Gasteiger partial charge in [0.05, 0.1) is 6.26 Å². The van der Waals surface area contributed by atoms with Crippen LogP contribution in [0.4, 0.5) is 0 Å². The first-order chi connectivity index (χ1) is 9.35. The van der Waals surface area contributed by atoms with Crippen LogP contribution < -0.4 is 5.73 Å². The number of nitrogens with two attached hydrogens (primary N) is 1. The lowest BCUT2D eigenvalue weighted by atomic mass is 9.77. The van der Waals surface area contributed by atoms with E-state index in [4.69, 9.17) is 10.2 Å². The Morgan fingerprint density at radius 3 is 2.00 bits per heavy atom. The van der Waals surface area contributed by atoms with Crippen molar-refractivity contribution in [2.75, 3.05) is 6.54 Å². The third-order valence-electron chi connectivity index (χ3n) is 4.04. The summed E-state index contributed by atoms with van der Waals surface area (Å²) in [5.41, 5.74) is 8.74. The number of furan rings is 1. The fourth-order valence-electron chi connectivity index (χ4n) is 2.46. The van der Waals surface area contributed by atoms with Crippen LogP contribution in [0.5, 0.6) is 0 Å². The van der Waals surface area contributed by atoms with Gasteiger partial charge in [0.15, 0.2) is 0 Å². The average Bonchev–Trinajstić information content (AvgIpc) is 2.90. The molecule has 2 rings (SSSR count). The summed E-state index contributed by atoms with van der Waals surface area (Å²) in [5, 5.41) is 0. The highest BCUT2D eigenvalue weighted by atomic mass is 16.3. The van der Waals surface area contributed by atoms with E-state index in [9.17, 15) is 0 Å². The van der Waals surface area contributed by atoms with Crippen LogP contribution in [0, 0.1) is 0 Å². The van der Waals surface area contributed by atoms with Crippen LogP contribution in [0.2, 0.25) is 0 Å². The highest BCUT2D eigenvalue weighted by Crippen LogP contribution is 2.30. The summed E-state index contributed by atoms with van der Waals surface area (Å²) in [6.45, 7) is 9.48. The summed E-state index contributed by atoms with van der Waals surface area (Å²) in [6, 6.07) is 12.8. The van der Waals surface area contributed by atoms with Gasteiger partial charge in [-0.3, -0.25) is 0 Å². The molecule has 0 bridgehead atoms. The molecule has 0 saturated carbocycles. The molecule has 1 atom stereocenters. The quantitative estimate of drug-likeness (QED) is 0.911. The van der Waals surface area contributed by atoms with Gasteiger partial charge in [-0.1, -0.05) is 52.0 Å². The van der Waals surface area contributed by atoms with E-state index in [1.807, 2.05) is 12.1 Å². The lowest BCUT2D eigenvalue weighted by molar-refractivity contribution is 0.411. The van der Waals surface area contributed by atoms with E-state index in [0.717, 1.165) is 12.2 Å². The molecule has 1 aromatic heterocycles. The summed E-state index contributed by atoms with van der Waals surface area (Å²) in [5.74, 6) is 0.984. The molecule has 2 nitrogen and oxygen atoms in total. The molecule has 1 unspecified atom stereocenters. The van der Waals surface area contributed by atoms with Crippen molar-refractivity contribution < 1.29 is 4.42 Å². The van der Waals surface area contributed by atoms with Crippen LogP contribution >= 0.6 is 0 Å². The Balaban J connectivity index is 2.27. The van der Waals surface area contributed by atoms with E-state index in [-0.39, 0.29) is 10.8 Å². The fourth-order valence-corrected chi connectivity index (χ4v) is 2.46. The third-order valence-corrected chi connectivity index (χ3v) is 4.04. The molecule has 0 spiro atoms. The average molecular weight is 271 g/mol. The molecule has 0 fully saturated rings. The lowest BCUT2D eigenvalue weighted by Crippen LogP contribution is -2.34. The fraction of sp³-hybridized carbons (Fsp3) is 0.444. The van der Waals surface area contributed by atoms with E-state index in [1.165, 1.54) is 11.1 Å². The maximum Gasteiger partial charge on any atom is 0.104 e. The van der Waals surface area contributed by atoms with Crippen molar-refractivity contribution in [2.45, 2.75) is 44.9 Å². The van der Waals surface area contributed by atoms with Crippen LogP contribution in [0.3, 0.4) is 0 Å². The van der Waals surface area contributed by atoms with E-state index in [0.29, 0.717) is 6.54 Å². The van der Waals surface area contributed by atoms with Gasteiger partial charge in [-0.05, 0) is 28.7 Å². The third kappa shape index (κ3) is 3.13. The molecule has 108 valence electrons. The van der Waals surface area contributed by atoms with Crippen molar-refractivity contribution in [1.29, 1.82) is 0 Å². The number of hydrogen-bond donors (Lipinski definition) is 1. The molecule has 0 aliphatic heterocycles. The summed E-state index contributed by atoms with van der Waals surface area (Å²) in [7, 11) is 0. The summed E-state index contributed by atoms with van der Waals surface area (Å²) < 4.78 is 5.47. The number of benzene rings is 1. The second-order valence-corrected chi connectivity index (χ2v) is 6.85. The van der Waals surface area contributed by atoms with Gasteiger partial charge >= 0.3 is 0 Å². The van der Waals surface area contributed by atoms with E-state index in [1.54, 1.807) is 6.26 Å². The van der Waals surface area contributed by atoms with Crippen molar-refractivity contribution >= 4 is 0 Å². The molecule has 20 heavy (non-hydrogen) atoms. The zero-order valence-electron chi connectivity index (χ0n) is 12.9. The molecule has 2 aromatic rings. The predicted octanol–water partition coefficient (Wildman–Crippen LogP) is 4.04. The normalized spacial score (nSPS) is 15.1. The molecule has 0 aliphatic rings. The smallest absolute Gasteiger partial charge is 0.104 e. The van der Waals surface area contributed by atoms with Crippen LogP contribution in [-0.2, 0) is 17.3 Å². The first-order valence-corrected chi connectivity index (χ1v) is 7.19. The Kier molecular flexibility index (Phi) is 4.05. The molecule has 0 radical (unpaired) electrons. The number of rotatable bonds is 4. The molecular weight excluding hydrogens is 246 g/mol. The topological polar surface area (TPSA) is 39.2 Å². The Bertz CT molecular complexity index is 534. The first-order valence-electron chi connectivity index (χ1n) is 7.19. The predicted molar refractivity (Wildman–Crippen MR) is 84.0 cm³/mol. The highest BCUT2D eigenvalue weighted by Gasteiger charge is 2.27. The SMILES string of the molecule is CC(C)(C)c1ccc(C(C)(CN)Cc2ccco2)cc1. The maximum atomic E-state index is 6.04. The second-order valence-electron chi connectivity index (χ2n) is 6.85. The zero-order valence-corrected chi connectivity index (χ0v) is 12.9. The van der Waals surface area contributed by atoms with E-state index >= 15 is 0 Å². The van der Waals surface area contributed by atoms with Crippen LogP contribution in [0.1, 0.15) is 44.6 Å². The molecule has 0 amide bonds. The Morgan fingerprint density at radius 2 is 1.55 bits per heavy atom. The standard InChI is InChI=1S/C18H25NO/c1-17(2,3)14-7-9-15(10-8-14)18(4,13-19)12-16-6-5-11-20-16/h5-11H,12-13,19H2,1-4H3. The van der Waals surface area contributed by atoms with Crippen LogP contribution in [0.15, 0.2) is 47.1 Å². The molecule has 2 heteroatoms.